The molecule has 0 spiro atoms. The van der Waals surface area contributed by atoms with Crippen molar-refractivity contribution in [3.63, 3.8) is 0 Å². The van der Waals surface area contributed by atoms with Gasteiger partial charge in [0.2, 0.25) is 0 Å². The van der Waals surface area contributed by atoms with Gasteiger partial charge in [-0.3, -0.25) is 9.59 Å². The van der Waals surface area contributed by atoms with Crippen LogP contribution in [0, 0.1) is 5.92 Å². The van der Waals surface area contributed by atoms with Crippen molar-refractivity contribution in [3.8, 4) is 0 Å². The summed E-state index contributed by atoms with van der Waals surface area (Å²) in [7, 11) is 0. The molecule has 1 unspecified atom stereocenters. The highest BCUT2D eigenvalue weighted by Crippen LogP contribution is 2.31. The van der Waals surface area contributed by atoms with Crippen LogP contribution in [0.2, 0.25) is 0 Å². The first kappa shape index (κ1) is 27.6. The second-order valence-electron chi connectivity index (χ2n) is 10.4. The van der Waals surface area contributed by atoms with Gasteiger partial charge < -0.3 is 15.0 Å². The van der Waals surface area contributed by atoms with E-state index in [9.17, 15) is 22.8 Å². The van der Waals surface area contributed by atoms with Gasteiger partial charge in [-0.25, -0.2) is 4.52 Å². The van der Waals surface area contributed by atoms with Crippen molar-refractivity contribution in [3.05, 3.63) is 71.0 Å². The zero-order valence-corrected chi connectivity index (χ0v) is 22.0. The molecule has 204 valence electrons. The minimum absolute atomic E-state index is 0.0954. The molecule has 0 bridgehead atoms. The highest BCUT2D eigenvalue weighted by Gasteiger charge is 2.32. The molecule has 1 aliphatic rings. The van der Waals surface area contributed by atoms with Crippen molar-refractivity contribution in [1.29, 1.82) is 0 Å². The zero-order valence-electron chi connectivity index (χ0n) is 22.0. The van der Waals surface area contributed by atoms with Crippen LogP contribution in [0.1, 0.15) is 72.0 Å². The van der Waals surface area contributed by atoms with Crippen LogP contribution in [0.5, 0.6) is 0 Å². The molecule has 2 aromatic heterocycles. The van der Waals surface area contributed by atoms with Gasteiger partial charge >= 0.3 is 6.18 Å². The average molecular weight is 531 g/mol. The fourth-order valence-corrected chi connectivity index (χ4v) is 5.01. The molecule has 1 N–H and O–H groups in total. The Morgan fingerprint density at radius 2 is 1.76 bits per heavy atom. The summed E-state index contributed by atoms with van der Waals surface area (Å²) in [6.07, 6.45) is -2.03. The summed E-state index contributed by atoms with van der Waals surface area (Å²) in [6.45, 7) is 9.06. The fraction of sp³-hybridized carbons (Fsp3) is 0.464. The zero-order chi connectivity index (χ0) is 27.6. The molecule has 1 fully saturated rings. The number of pyridine rings is 1. The lowest BCUT2D eigenvalue weighted by Gasteiger charge is -2.38. The number of carbonyl (C=O) groups is 2. The summed E-state index contributed by atoms with van der Waals surface area (Å²) in [5, 5.41) is 7.36. The third-order valence-electron chi connectivity index (χ3n) is 6.84. The summed E-state index contributed by atoms with van der Waals surface area (Å²) in [5.41, 5.74) is 1.13. The summed E-state index contributed by atoms with van der Waals surface area (Å²) in [4.78, 5) is 28.2. The van der Waals surface area contributed by atoms with E-state index in [0.717, 1.165) is 17.7 Å². The van der Waals surface area contributed by atoms with Gasteiger partial charge in [0.15, 0.2) is 5.69 Å². The van der Waals surface area contributed by atoms with E-state index < -0.39 is 11.7 Å². The number of morpholine rings is 1. The molecule has 1 saturated heterocycles. The summed E-state index contributed by atoms with van der Waals surface area (Å²) < 4.78 is 46.0. The molecular weight excluding hydrogens is 497 g/mol. The molecule has 10 heteroatoms. The van der Waals surface area contributed by atoms with Gasteiger partial charge in [0.25, 0.3) is 11.8 Å². The number of rotatable bonds is 7. The molecule has 0 saturated carbocycles. The third kappa shape index (κ3) is 6.01. The minimum atomic E-state index is -4.40. The van der Waals surface area contributed by atoms with E-state index in [2.05, 4.69) is 10.4 Å². The topological polar surface area (TPSA) is 75.9 Å². The number of nitrogens with one attached hydrogen (secondary N) is 1. The Morgan fingerprint density at radius 3 is 2.37 bits per heavy atom. The number of amides is 2. The predicted octanol–water partition coefficient (Wildman–Crippen LogP) is 5.16. The molecule has 3 heterocycles. The highest BCUT2D eigenvalue weighted by atomic mass is 19.4. The number of nitrogens with zero attached hydrogens (tertiary/aromatic N) is 3. The monoisotopic (exact) mass is 530 g/mol. The summed E-state index contributed by atoms with van der Waals surface area (Å²) >= 11 is 0. The number of aromatic nitrogens is 2. The van der Waals surface area contributed by atoms with E-state index in [-0.39, 0.29) is 48.0 Å². The first-order valence-corrected chi connectivity index (χ1v) is 12.8. The van der Waals surface area contributed by atoms with Gasteiger partial charge in [-0.2, -0.15) is 18.3 Å². The molecule has 2 amide bonds. The number of halogens is 3. The molecule has 1 aromatic carbocycles. The minimum Gasteiger partial charge on any atom is -0.377 e. The van der Waals surface area contributed by atoms with Gasteiger partial charge in [-0.05, 0) is 62.1 Å². The second-order valence-corrected chi connectivity index (χ2v) is 10.4. The molecule has 3 aromatic rings. The van der Waals surface area contributed by atoms with E-state index >= 15 is 0 Å². The van der Waals surface area contributed by atoms with Crippen LogP contribution in [-0.2, 0) is 10.9 Å². The van der Waals surface area contributed by atoms with Gasteiger partial charge in [-0.1, -0.05) is 26.0 Å². The molecule has 0 aliphatic carbocycles. The number of hydrogen-bond donors (Lipinski definition) is 1. The maximum Gasteiger partial charge on any atom is 0.416 e. The Bertz CT molecular complexity index is 1280. The molecule has 7 nitrogen and oxygen atoms in total. The largest absolute Gasteiger partial charge is 0.416 e. The number of hydrogen-bond acceptors (Lipinski definition) is 4. The standard InChI is InChI=1S/C28H33F3N4O3/c1-17(2)12-21(20-7-9-22(10-8-20)28(29,30)31)14-32-26(36)23-6-5-11-34-25(23)13-24(33-34)27(37)35-18(3)15-38-16-19(35)4/h5-11,13,17-19,21H,12,14-16H2,1-4H3,(H,32,36)/t18-,19+,21?. The number of carbonyl (C=O) groups excluding carboxylic acids is 2. The lowest BCUT2D eigenvalue weighted by molar-refractivity contribution is -0.137. The van der Waals surface area contributed by atoms with Gasteiger partial charge in [0, 0.05) is 18.7 Å². The van der Waals surface area contributed by atoms with E-state index in [0.29, 0.717) is 30.7 Å². The van der Waals surface area contributed by atoms with Crippen LogP contribution >= 0.6 is 0 Å². The quantitative estimate of drug-likeness (QED) is 0.458. The number of ether oxygens (including phenoxy) is 1. The first-order chi connectivity index (χ1) is 18.0. The van der Waals surface area contributed by atoms with Gasteiger partial charge in [0.1, 0.15) is 0 Å². The Hall–Kier alpha value is -3.40. The number of alkyl halides is 3. The normalized spacial score (nSPS) is 19.1. The molecule has 38 heavy (non-hydrogen) atoms. The SMILES string of the molecule is CC(C)CC(CNC(=O)c1cccn2nc(C(=O)N3[C@H](C)COC[C@@H]3C)cc12)c1ccc(C(F)(F)F)cc1. The van der Waals surface area contributed by atoms with Gasteiger partial charge in [0.05, 0.1) is 41.9 Å². The second kappa shape index (κ2) is 11.1. The predicted molar refractivity (Wildman–Crippen MR) is 137 cm³/mol. The Balaban J connectivity index is 1.53. The smallest absolute Gasteiger partial charge is 0.377 e. The lowest BCUT2D eigenvalue weighted by atomic mass is 9.89. The molecular formula is C28H33F3N4O3. The van der Waals surface area contributed by atoms with E-state index in [1.165, 1.54) is 16.6 Å². The fourth-order valence-electron chi connectivity index (χ4n) is 5.01. The van der Waals surface area contributed by atoms with E-state index in [4.69, 9.17) is 4.74 Å². The number of benzene rings is 1. The van der Waals surface area contributed by atoms with Crippen molar-refractivity contribution < 1.29 is 27.5 Å². The van der Waals surface area contributed by atoms with Crippen LogP contribution in [-0.4, -0.2) is 58.2 Å². The lowest BCUT2D eigenvalue weighted by Crippen LogP contribution is -2.52. The molecule has 1 aliphatic heterocycles. The maximum atomic E-state index is 13.3. The van der Waals surface area contributed by atoms with Crippen molar-refractivity contribution >= 4 is 17.3 Å². The molecule has 4 rings (SSSR count). The van der Waals surface area contributed by atoms with E-state index in [1.807, 2.05) is 27.7 Å². The Labute approximate surface area is 220 Å². The van der Waals surface area contributed by atoms with E-state index in [1.54, 1.807) is 29.3 Å². The first-order valence-electron chi connectivity index (χ1n) is 12.8. The maximum absolute atomic E-state index is 13.3. The van der Waals surface area contributed by atoms with Crippen LogP contribution < -0.4 is 5.32 Å². The van der Waals surface area contributed by atoms with Crippen LogP contribution in [0.3, 0.4) is 0 Å². The van der Waals surface area contributed by atoms with Crippen LogP contribution in [0.4, 0.5) is 13.2 Å². The number of fused-ring (bicyclic) bond motifs is 1. The third-order valence-corrected chi connectivity index (χ3v) is 6.84. The van der Waals surface area contributed by atoms with Gasteiger partial charge in [-0.15, -0.1) is 0 Å². The highest BCUT2D eigenvalue weighted by molar-refractivity contribution is 6.02. The Kier molecular flexibility index (Phi) is 8.10. The Morgan fingerprint density at radius 1 is 1.11 bits per heavy atom. The molecule has 0 radical (unpaired) electrons. The van der Waals surface area contributed by atoms with Crippen molar-refractivity contribution in [2.45, 2.75) is 58.3 Å². The van der Waals surface area contributed by atoms with Crippen molar-refractivity contribution in [1.82, 2.24) is 19.8 Å². The average Bonchev–Trinajstić information content (AvgIpc) is 3.30. The summed E-state index contributed by atoms with van der Waals surface area (Å²) in [6, 6.07) is 9.88. The summed E-state index contributed by atoms with van der Waals surface area (Å²) in [5.74, 6) is -0.450. The van der Waals surface area contributed by atoms with Crippen molar-refractivity contribution in [2.75, 3.05) is 19.8 Å². The van der Waals surface area contributed by atoms with Crippen LogP contribution in [0.15, 0.2) is 48.7 Å². The van der Waals surface area contributed by atoms with Crippen molar-refractivity contribution in [2.24, 2.45) is 5.92 Å². The van der Waals surface area contributed by atoms with Crippen LogP contribution in [0.25, 0.3) is 5.52 Å². The molecule has 3 atom stereocenters.